The molecule has 0 aromatic heterocycles. The van der Waals surface area contributed by atoms with Crippen LogP contribution in [0.15, 0.2) is 4.99 Å². The van der Waals surface area contributed by atoms with Crippen LogP contribution < -0.4 is 15.4 Å². The molecular formula is C12H27IN4O2S. The van der Waals surface area contributed by atoms with Crippen molar-refractivity contribution in [2.75, 3.05) is 25.9 Å². The second kappa shape index (κ2) is 9.78. The summed E-state index contributed by atoms with van der Waals surface area (Å²) in [5.41, 5.74) is 0. The summed E-state index contributed by atoms with van der Waals surface area (Å²) < 4.78 is 26.2. The van der Waals surface area contributed by atoms with Gasteiger partial charge in [0.05, 0.1) is 5.75 Å². The van der Waals surface area contributed by atoms with Gasteiger partial charge in [0.1, 0.15) is 0 Å². The van der Waals surface area contributed by atoms with Gasteiger partial charge in [-0.1, -0.05) is 6.42 Å². The van der Waals surface area contributed by atoms with Gasteiger partial charge in [-0.25, -0.2) is 13.1 Å². The molecule has 1 rings (SSSR count). The molecule has 0 saturated heterocycles. The number of nitrogens with one attached hydrogen (secondary N) is 3. The van der Waals surface area contributed by atoms with E-state index >= 15 is 0 Å². The van der Waals surface area contributed by atoms with Gasteiger partial charge in [0.15, 0.2) is 5.96 Å². The van der Waals surface area contributed by atoms with E-state index in [2.05, 4.69) is 20.3 Å². The third-order valence-electron chi connectivity index (χ3n) is 3.13. The molecule has 1 aliphatic rings. The van der Waals surface area contributed by atoms with Crippen LogP contribution in [0.25, 0.3) is 0 Å². The van der Waals surface area contributed by atoms with Gasteiger partial charge in [-0.15, -0.1) is 24.0 Å². The van der Waals surface area contributed by atoms with Gasteiger partial charge in [0.2, 0.25) is 10.0 Å². The third kappa shape index (κ3) is 8.25. The largest absolute Gasteiger partial charge is 0.355 e. The predicted octanol–water partition coefficient (Wildman–Crippen LogP) is 0.897. The van der Waals surface area contributed by atoms with Gasteiger partial charge in [-0.2, -0.15) is 0 Å². The van der Waals surface area contributed by atoms with Crippen LogP contribution in [0.2, 0.25) is 0 Å². The van der Waals surface area contributed by atoms with Crippen molar-refractivity contribution in [1.29, 1.82) is 0 Å². The predicted molar refractivity (Wildman–Crippen MR) is 94.2 cm³/mol. The van der Waals surface area contributed by atoms with E-state index in [4.69, 9.17) is 0 Å². The molecule has 1 saturated carbocycles. The van der Waals surface area contributed by atoms with Gasteiger partial charge >= 0.3 is 0 Å². The molecule has 0 radical (unpaired) electrons. The van der Waals surface area contributed by atoms with Crippen LogP contribution in [-0.4, -0.2) is 46.3 Å². The molecule has 20 heavy (non-hydrogen) atoms. The van der Waals surface area contributed by atoms with Crippen LogP contribution >= 0.6 is 24.0 Å². The third-order valence-corrected chi connectivity index (χ3v) is 4.48. The molecule has 120 valence electrons. The van der Waals surface area contributed by atoms with E-state index in [1.165, 1.54) is 6.42 Å². The quantitative estimate of drug-likeness (QED) is 0.326. The molecule has 0 aromatic carbocycles. The lowest BCUT2D eigenvalue weighted by Gasteiger charge is -2.25. The monoisotopic (exact) mass is 418 g/mol. The molecule has 0 spiro atoms. The summed E-state index contributed by atoms with van der Waals surface area (Å²) >= 11 is 0. The lowest BCUT2D eigenvalue weighted by atomic mass is 9.86. The van der Waals surface area contributed by atoms with Crippen molar-refractivity contribution >= 4 is 40.0 Å². The number of halogens is 1. The SMILES string of the molecule is CN=C(NCCS(=O)(=O)NCC1CCC1)NC(C)C.I. The van der Waals surface area contributed by atoms with Crippen molar-refractivity contribution in [1.82, 2.24) is 15.4 Å². The van der Waals surface area contributed by atoms with Gasteiger partial charge in [-0.05, 0) is 32.6 Å². The first-order valence-corrected chi connectivity index (χ1v) is 8.52. The first kappa shape index (κ1) is 19.9. The molecule has 8 heteroatoms. The molecule has 1 aliphatic carbocycles. The van der Waals surface area contributed by atoms with Crippen molar-refractivity contribution in [3.05, 3.63) is 0 Å². The maximum Gasteiger partial charge on any atom is 0.213 e. The molecule has 0 heterocycles. The second-order valence-corrected chi connectivity index (χ2v) is 7.19. The van der Waals surface area contributed by atoms with Crippen LogP contribution in [0, 0.1) is 5.92 Å². The van der Waals surface area contributed by atoms with Crippen molar-refractivity contribution < 1.29 is 8.42 Å². The van der Waals surface area contributed by atoms with E-state index in [1.54, 1.807) is 7.05 Å². The molecule has 0 unspecified atom stereocenters. The highest BCUT2D eigenvalue weighted by molar-refractivity contribution is 14.0. The van der Waals surface area contributed by atoms with Crippen LogP contribution in [0.1, 0.15) is 33.1 Å². The Bertz CT molecular complexity index is 394. The molecule has 0 aromatic rings. The zero-order valence-electron chi connectivity index (χ0n) is 12.5. The van der Waals surface area contributed by atoms with Crippen LogP contribution in [0.5, 0.6) is 0 Å². The summed E-state index contributed by atoms with van der Waals surface area (Å²) in [6.45, 7) is 4.95. The van der Waals surface area contributed by atoms with E-state index < -0.39 is 10.0 Å². The Labute approximate surface area is 139 Å². The Balaban J connectivity index is 0.00000361. The summed E-state index contributed by atoms with van der Waals surface area (Å²) in [4.78, 5) is 4.02. The zero-order valence-corrected chi connectivity index (χ0v) is 15.6. The molecule has 0 amide bonds. The number of nitrogens with zero attached hydrogens (tertiary/aromatic N) is 1. The van der Waals surface area contributed by atoms with Crippen LogP contribution in [0.3, 0.4) is 0 Å². The second-order valence-electron chi connectivity index (χ2n) is 5.26. The molecule has 1 fully saturated rings. The molecule has 0 bridgehead atoms. The highest BCUT2D eigenvalue weighted by Gasteiger charge is 2.19. The van der Waals surface area contributed by atoms with Gasteiger partial charge in [0.25, 0.3) is 0 Å². The summed E-state index contributed by atoms with van der Waals surface area (Å²) in [6.07, 6.45) is 3.52. The lowest BCUT2D eigenvalue weighted by molar-refractivity contribution is 0.316. The topological polar surface area (TPSA) is 82.6 Å². The zero-order chi connectivity index (χ0) is 14.3. The Morgan fingerprint density at radius 1 is 1.35 bits per heavy atom. The number of hydrogen-bond acceptors (Lipinski definition) is 3. The molecule has 0 aliphatic heterocycles. The number of guanidine groups is 1. The Morgan fingerprint density at radius 2 is 2.00 bits per heavy atom. The molecule has 0 atom stereocenters. The van der Waals surface area contributed by atoms with Crippen molar-refractivity contribution in [2.24, 2.45) is 10.9 Å². The highest BCUT2D eigenvalue weighted by atomic mass is 127. The minimum Gasteiger partial charge on any atom is -0.355 e. The normalized spacial score (nSPS) is 16.5. The molecular weight excluding hydrogens is 391 g/mol. The Hall–Kier alpha value is -0.0900. The van der Waals surface area contributed by atoms with Crippen molar-refractivity contribution in [3.8, 4) is 0 Å². The van der Waals surface area contributed by atoms with Gasteiger partial charge in [-0.3, -0.25) is 4.99 Å². The highest BCUT2D eigenvalue weighted by Crippen LogP contribution is 2.25. The van der Waals surface area contributed by atoms with Crippen LogP contribution in [0.4, 0.5) is 0 Å². The maximum absolute atomic E-state index is 11.8. The number of sulfonamides is 1. The standard InChI is InChI=1S/C12H26N4O2S.HI/c1-10(2)16-12(13-3)14-7-8-19(17,18)15-9-11-5-4-6-11;/h10-11,15H,4-9H2,1-3H3,(H2,13,14,16);1H. The molecule has 6 nitrogen and oxygen atoms in total. The summed E-state index contributed by atoms with van der Waals surface area (Å²) in [6, 6.07) is 0.263. The Morgan fingerprint density at radius 3 is 2.45 bits per heavy atom. The lowest BCUT2D eigenvalue weighted by Crippen LogP contribution is -2.44. The minimum atomic E-state index is -3.18. The van der Waals surface area contributed by atoms with Crippen molar-refractivity contribution in [3.63, 3.8) is 0 Å². The smallest absolute Gasteiger partial charge is 0.213 e. The fraction of sp³-hybridized carbons (Fsp3) is 0.917. The summed E-state index contributed by atoms with van der Waals surface area (Å²) in [7, 11) is -1.51. The first-order valence-electron chi connectivity index (χ1n) is 6.87. The fourth-order valence-electron chi connectivity index (χ4n) is 1.79. The van der Waals surface area contributed by atoms with E-state index in [0.717, 1.165) is 12.8 Å². The van der Waals surface area contributed by atoms with E-state index in [-0.39, 0.29) is 35.8 Å². The van der Waals surface area contributed by atoms with Gasteiger partial charge < -0.3 is 10.6 Å². The Kier molecular flexibility index (Phi) is 9.73. The number of aliphatic imine (C=N–C) groups is 1. The van der Waals surface area contributed by atoms with Gasteiger partial charge in [0, 0.05) is 26.2 Å². The number of hydrogen-bond donors (Lipinski definition) is 3. The average molecular weight is 418 g/mol. The maximum atomic E-state index is 11.8. The van der Waals surface area contributed by atoms with E-state index in [0.29, 0.717) is 25.0 Å². The van der Waals surface area contributed by atoms with Crippen molar-refractivity contribution in [2.45, 2.75) is 39.2 Å². The fourth-order valence-corrected chi connectivity index (χ4v) is 2.79. The molecule has 3 N–H and O–H groups in total. The number of rotatable bonds is 7. The average Bonchev–Trinajstić information content (AvgIpc) is 2.24. The van der Waals surface area contributed by atoms with Crippen LogP contribution in [-0.2, 0) is 10.0 Å². The minimum absolute atomic E-state index is 0. The van der Waals surface area contributed by atoms with E-state index in [1.807, 2.05) is 13.8 Å². The van der Waals surface area contributed by atoms with E-state index in [9.17, 15) is 8.42 Å². The first-order chi connectivity index (χ1) is 8.93. The summed E-state index contributed by atoms with van der Waals surface area (Å²) in [5.74, 6) is 1.24. The summed E-state index contributed by atoms with van der Waals surface area (Å²) in [5, 5.41) is 6.10.